The van der Waals surface area contributed by atoms with Crippen LogP contribution in [0.1, 0.15) is 324 Å². The van der Waals surface area contributed by atoms with E-state index < -0.39 is 71.0 Å². The van der Waals surface area contributed by atoms with Crippen LogP contribution in [0.25, 0.3) is 41.8 Å². The number of nitrogens with one attached hydrogen (secondary N) is 8. The molecule has 754 valence electrons. The number of amides is 8. The molecule has 32 nitrogen and oxygen atoms in total. The first-order valence-electron chi connectivity index (χ1n) is 48.6. The van der Waals surface area contributed by atoms with Crippen molar-refractivity contribution >= 4 is 116 Å². The second-order valence-electron chi connectivity index (χ2n) is 43.5. The highest BCUT2D eigenvalue weighted by Gasteiger charge is 2.48. The molecule has 0 spiro atoms. The Labute approximate surface area is 830 Å². The van der Waals surface area contributed by atoms with Crippen molar-refractivity contribution < 1.29 is 67.6 Å². The first-order chi connectivity index (χ1) is 65.0. The van der Waals surface area contributed by atoms with E-state index >= 15 is 0 Å². The average molecular weight is 1990 g/mol. The van der Waals surface area contributed by atoms with Crippen molar-refractivity contribution in [3.8, 4) is 41.8 Å². The molecule has 3 saturated carbocycles. The number of carbonyl (C=O) groups is 8. The van der Waals surface area contributed by atoms with Crippen LogP contribution >= 0.6 is 45.3 Å². The zero-order valence-corrected chi connectivity index (χ0v) is 87.4. The van der Waals surface area contributed by atoms with Gasteiger partial charge in [0.2, 0.25) is 0 Å². The summed E-state index contributed by atoms with van der Waals surface area (Å²) < 4.78 is 28.1. The van der Waals surface area contributed by atoms with Gasteiger partial charge in [-0.3, -0.25) is 38.4 Å². The molecule has 8 aromatic rings. The third-order valence-electron chi connectivity index (χ3n) is 26.4. The van der Waals surface area contributed by atoms with Crippen LogP contribution in [0, 0.1) is 44.4 Å². The monoisotopic (exact) mass is 1990 g/mol. The summed E-state index contributed by atoms with van der Waals surface area (Å²) in [5.74, 6) is -1.93. The van der Waals surface area contributed by atoms with Crippen molar-refractivity contribution in [3.63, 3.8) is 0 Å². The molecule has 38 heteroatoms. The van der Waals surface area contributed by atoms with Crippen LogP contribution < -0.4 is 42.5 Å². The number of anilines is 4. The van der Waals surface area contributed by atoms with Gasteiger partial charge in [0.25, 0.3) is 53.2 Å². The maximum absolute atomic E-state index is 14.0. The topological polar surface area (TPSA) is 430 Å². The Kier molecular flexibility index (Phi) is 32.5. The Morgan fingerprint density at radius 3 is 1.03 bits per heavy atom. The molecule has 12 N–H and O–H groups in total. The predicted octanol–water partition coefficient (Wildman–Crippen LogP) is 16.2. The lowest BCUT2D eigenvalue weighted by Crippen LogP contribution is -2.38. The number of rotatable bonds is 31. The van der Waals surface area contributed by atoms with Gasteiger partial charge in [-0.25, -0.2) is 48.7 Å². The number of thiazole rings is 4. The van der Waals surface area contributed by atoms with Gasteiger partial charge in [-0.05, 0) is 284 Å². The lowest BCUT2D eigenvalue weighted by molar-refractivity contribution is 0.0117. The van der Waals surface area contributed by atoms with Crippen LogP contribution in [0.3, 0.4) is 0 Å². The summed E-state index contributed by atoms with van der Waals surface area (Å²) in [6.45, 7) is 41.9. The zero-order valence-electron chi connectivity index (χ0n) is 84.1. The summed E-state index contributed by atoms with van der Waals surface area (Å²) >= 11 is 4.60. The number of likely N-dealkylation sites (tertiary alicyclic amines) is 3. The zero-order chi connectivity index (χ0) is 101. The Morgan fingerprint density at radius 1 is 0.439 bits per heavy atom. The van der Waals surface area contributed by atoms with Gasteiger partial charge in [-0.2, -0.15) is 0 Å². The Morgan fingerprint density at radius 2 is 0.748 bits per heavy atom. The van der Waals surface area contributed by atoms with Gasteiger partial charge in [0.15, 0.2) is 20.0 Å². The summed E-state index contributed by atoms with van der Waals surface area (Å²) in [5, 5.41) is 65.0. The van der Waals surface area contributed by atoms with Crippen molar-refractivity contribution in [2.45, 2.75) is 318 Å². The minimum Gasteiger partial charge on any atom is -0.389 e. The number of alkyl halides is 2. The quantitative estimate of drug-likeness (QED) is 0.0192. The molecule has 139 heavy (non-hydrogen) atoms. The number of carbonyl (C=O) groups excluding carboxylic acids is 8. The molecule has 3 aliphatic carbocycles. The fourth-order valence-electron chi connectivity index (χ4n) is 17.5. The summed E-state index contributed by atoms with van der Waals surface area (Å²) in [5.41, 5.74) is 3.86. The number of pyridine rings is 4. The Hall–Kier alpha value is -10.2. The third-order valence-corrected chi connectivity index (χ3v) is 30.8. The van der Waals surface area contributed by atoms with E-state index in [0.29, 0.717) is 72.2 Å². The molecule has 0 radical (unpaired) electrons. The van der Waals surface area contributed by atoms with Gasteiger partial charge in [0.1, 0.15) is 46.0 Å². The van der Waals surface area contributed by atoms with E-state index in [2.05, 4.69) is 124 Å². The van der Waals surface area contributed by atoms with Gasteiger partial charge in [-0.1, -0.05) is 20.8 Å². The van der Waals surface area contributed by atoms with Crippen LogP contribution in [0.2, 0.25) is 0 Å². The highest BCUT2D eigenvalue weighted by molar-refractivity contribution is 7.18. The molecular weight excluding hydrogens is 1850 g/mol. The number of aryl methyl sites for hydroxylation is 4. The molecule has 8 amide bonds. The molecule has 8 aromatic heterocycles. The van der Waals surface area contributed by atoms with E-state index in [-0.39, 0.29) is 111 Å². The first kappa shape index (κ1) is 106. The highest BCUT2D eigenvalue weighted by atomic mass is 32.1. The van der Waals surface area contributed by atoms with Gasteiger partial charge in [-0.15, -0.1) is 45.3 Å². The average Bonchev–Trinajstić information content (AvgIpc) is 1.63. The minimum atomic E-state index is -2.97. The standard InChI is InChI=1S/C27H37N5O3S.C25H33F2N5O3S.C25H35N5O3S.C24H35N5O3S/c1-5-20(16-6-7-16)30-21-12-15(2)19(13-28-21)23-22(26(34)32-17-8-9-18(32)11-10-17)31-25(36-23)24(33)29-14-27(3,4)35;1-14-8-17(29-12-24(5)6-7-24)28-10-16(14)19-18(22(34)32-13-25(26,27)9-15(32)2)31-21(36-19)20(33)30-11-23(3,4)35;1-15-11-18(27-14-25(5)8-9-25)26-12-17(15)20-19(23(32)30-10-6-7-16(30)2)29-22(34-20)21(31)28-13-24(3,4)33;1-14-11-17(28-23(3,4)5)25-12-16(14)19-18(22(31)29-10-8-9-15(29)2)27-21(33-19)20(30)26-13-24(6,7)32/h12-13,16-18,20,35H,5-11,14H2,1-4H3,(H,28,30)(H,29,33);8,10,15,35H,6-7,9,11-13H2,1-5H3,(H,28,29)(H,30,33);11-12,16,33H,6-10,13-14H2,1-5H3,(H,26,27)(H,28,31);11-12,15,32H,8-10,13H2,1-7H3,(H,25,28)(H,26,30)/t17?,18?,20-;15-;16-;15-/m1000/s1. The molecule has 8 aliphatic rings. The first-order valence-corrected chi connectivity index (χ1v) is 51.9. The largest absolute Gasteiger partial charge is 0.389 e. The van der Waals surface area contributed by atoms with Crippen molar-refractivity contribution in [3.05, 3.63) is 114 Å². The van der Waals surface area contributed by atoms with E-state index in [0.717, 1.165) is 149 Å². The molecule has 5 saturated heterocycles. The molecule has 2 bridgehead atoms. The Balaban J connectivity index is 0.000000156. The fourth-order valence-corrected chi connectivity index (χ4v) is 21.7. The van der Waals surface area contributed by atoms with Crippen LogP contribution in [0.15, 0.2) is 49.1 Å². The van der Waals surface area contributed by atoms with Crippen molar-refractivity contribution in [1.29, 1.82) is 0 Å². The number of halogens is 2. The molecule has 0 aromatic carbocycles. The van der Waals surface area contributed by atoms with E-state index in [9.17, 15) is 67.6 Å². The molecule has 5 aliphatic heterocycles. The van der Waals surface area contributed by atoms with E-state index in [1.807, 2.05) is 80.5 Å². The smallest absolute Gasteiger partial charge is 0.280 e. The van der Waals surface area contributed by atoms with Crippen LogP contribution in [-0.2, 0) is 0 Å². The van der Waals surface area contributed by atoms with Crippen molar-refractivity contribution in [2.75, 3.05) is 80.2 Å². The SMILES string of the molecule is CC[C@@H](Nc1cc(C)c(-c2sc(C(=O)NCC(C)(C)O)nc2C(=O)N2C3CCC2CC3)cn1)C1CC1.Cc1cc(NC(C)(C)C)ncc1-c1sc(C(=O)NCC(C)(C)O)nc1C(=O)N1CCC[C@@H]1C.Cc1cc(NCC2(C)CC2)ncc1-c1sc(C(=O)NCC(C)(C)O)nc1C(=O)N1CC(F)(F)C[C@@H]1C.Cc1cc(NCC2(C)CC2)ncc1-c1sc(C(=O)NCC(C)(C)O)nc1C(=O)N1CCC[C@@H]1C. The van der Waals surface area contributed by atoms with Crippen LogP contribution in [0.4, 0.5) is 32.1 Å². The second kappa shape index (κ2) is 42.5. The molecule has 16 rings (SSSR count). The fraction of sp³-hybridized carbons (Fsp3) is 0.604. The number of nitrogens with zero attached hydrogens (tertiary/aromatic N) is 12. The summed E-state index contributed by atoms with van der Waals surface area (Å²) in [4.78, 5) is 151. The van der Waals surface area contributed by atoms with Crippen LogP contribution in [0.5, 0.6) is 0 Å². The van der Waals surface area contributed by atoms with Gasteiger partial charge in [0, 0.05) is 148 Å². The second-order valence-corrected chi connectivity index (χ2v) is 47.5. The number of hydrogen-bond acceptors (Lipinski definition) is 28. The predicted molar refractivity (Wildman–Crippen MR) is 542 cm³/mol. The van der Waals surface area contributed by atoms with E-state index in [1.165, 1.54) is 72.5 Å². The normalized spacial score (nSPS) is 19.7. The molecule has 0 unspecified atom stereocenters. The summed E-state index contributed by atoms with van der Waals surface area (Å²) in [6.07, 6.45) is 22.9. The molecule has 4 atom stereocenters. The number of hydrogen-bond donors (Lipinski definition) is 12. The highest BCUT2D eigenvalue weighted by Crippen LogP contribution is 2.48. The minimum absolute atomic E-state index is 0.0134. The van der Waals surface area contributed by atoms with E-state index in [4.69, 9.17) is 0 Å². The maximum atomic E-state index is 14.0. The van der Waals surface area contributed by atoms with Crippen molar-refractivity contribution in [2.24, 2.45) is 16.7 Å². The summed E-state index contributed by atoms with van der Waals surface area (Å²) in [7, 11) is 0. The maximum Gasteiger partial charge on any atom is 0.280 e. The number of aromatic nitrogens is 8. The van der Waals surface area contributed by atoms with Gasteiger partial charge >= 0.3 is 0 Å². The lowest BCUT2D eigenvalue weighted by atomic mass is 10.0. The summed E-state index contributed by atoms with van der Waals surface area (Å²) in [6, 6.07) is 8.41. The molecule has 8 fully saturated rings. The van der Waals surface area contributed by atoms with Crippen molar-refractivity contribution in [1.82, 2.24) is 80.7 Å². The van der Waals surface area contributed by atoms with Gasteiger partial charge in [0.05, 0.1) is 48.5 Å². The molecular formula is C101H140F2N20O12S4. The van der Waals surface area contributed by atoms with E-state index in [1.54, 1.807) is 87.1 Å². The molecule has 13 heterocycles. The Bertz CT molecular complexity index is 5830. The third kappa shape index (κ3) is 27.8. The number of aliphatic hydroxyl groups is 4. The number of fused-ring (bicyclic) bond motifs is 2. The van der Waals surface area contributed by atoms with Crippen LogP contribution in [-0.4, -0.2) is 256 Å². The lowest BCUT2D eigenvalue weighted by Gasteiger charge is -2.22. The van der Waals surface area contributed by atoms with Gasteiger partial charge < -0.3 is 82.6 Å².